The van der Waals surface area contributed by atoms with E-state index < -0.39 is 0 Å². The van der Waals surface area contributed by atoms with Gasteiger partial charge < -0.3 is 9.67 Å². The molecule has 3 rings (SSSR count). The number of rotatable bonds is 2. The van der Waals surface area contributed by atoms with E-state index in [1.54, 1.807) is 12.1 Å². The summed E-state index contributed by atoms with van der Waals surface area (Å²) in [5.74, 6) is 2.07. The zero-order chi connectivity index (χ0) is 10.3. The van der Waals surface area contributed by atoms with Gasteiger partial charge in [0, 0.05) is 24.0 Å². The molecule has 0 bridgehead atoms. The van der Waals surface area contributed by atoms with Crippen molar-refractivity contribution in [1.82, 2.24) is 9.55 Å². The summed E-state index contributed by atoms with van der Waals surface area (Å²) in [5.41, 5.74) is 1.06. The summed E-state index contributed by atoms with van der Waals surface area (Å²) < 4.78 is 2.09. The van der Waals surface area contributed by atoms with Crippen molar-refractivity contribution in [3.8, 4) is 11.4 Å². The largest absolute Gasteiger partial charge is 0.508 e. The molecule has 2 aromatic rings. The molecule has 0 radical (unpaired) electrons. The second-order valence-electron chi connectivity index (χ2n) is 3.95. The van der Waals surface area contributed by atoms with E-state index in [4.69, 9.17) is 0 Å². The second-order valence-corrected chi connectivity index (χ2v) is 3.95. The normalized spacial score (nSPS) is 15.5. The van der Waals surface area contributed by atoms with Gasteiger partial charge in [0.05, 0.1) is 0 Å². The molecule has 1 aromatic carbocycles. The number of aromatic hydroxyl groups is 1. The van der Waals surface area contributed by atoms with Gasteiger partial charge in [-0.1, -0.05) is 0 Å². The molecule has 0 atom stereocenters. The minimum absolute atomic E-state index is 0.298. The van der Waals surface area contributed by atoms with Gasteiger partial charge in [-0.15, -0.1) is 0 Å². The van der Waals surface area contributed by atoms with E-state index in [9.17, 15) is 5.11 Å². The van der Waals surface area contributed by atoms with Crippen molar-refractivity contribution in [3.05, 3.63) is 42.5 Å². The Kier molecular flexibility index (Phi) is 1.78. The summed E-state index contributed by atoms with van der Waals surface area (Å²) in [7, 11) is 0. The molecule has 0 spiro atoms. The van der Waals surface area contributed by atoms with Crippen LogP contribution in [-0.4, -0.2) is 14.7 Å². The molecule has 0 amide bonds. The molecule has 1 N–H and O–H groups in total. The molecule has 0 unspecified atom stereocenters. The maximum absolute atomic E-state index is 9.22. The third-order valence-electron chi connectivity index (χ3n) is 2.74. The van der Waals surface area contributed by atoms with Gasteiger partial charge in [0.2, 0.25) is 0 Å². The molecule has 0 aliphatic heterocycles. The summed E-state index contributed by atoms with van der Waals surface area (Å²) in [5, 5.41) is 9.22. The van der Waals surface area contributed by atoms with Crippen molar-refractivity contribution < 1.29 is 5.11 Å². The first-order chi connectivity index (χ1) is 7.34. The standard InChI is InChI=1S/C12H12N2O/c15-11-5-3-10(4-6-11)14-8-7-13-12(14)9-1-2-9/h3-9,15H,1-2H2. The van der Waals surface area contributed by atoms with Crippen molar-refractivity contribution in [3.63, 3.8) is 0 Å². The molecule has 3 heteroatoms. The van der Waals surface area contributed by atoms with Crippen molar-refractivity contribution in [2.45, 2.75) is 18.8 Å². The van der Waals surface area contributed by atoms with Crippen molar-refractivity contribution in [2.24, 2.45) is 0 Å². The zero-order valence-electron chi connectivity index (χ0n) is 8.30. The quantitative estimate of drug-likeness (QED) is 0.808. The average molecular weight is 200 g/mol. The number of hydrogen-bond donors (Lipinski definition) is 1. The van der Waals surface area contributed by atoms with Gasteiger partial charge in [0.15, 0.2) is 0 Å². The van der Waals surface area contributed by atoms with Crippen LogP contribution in [0.4, 0.5) is 0 Å². The molecule has 1 heterocycles. The Morgan fingerprint density at radius 3 is 2.60 bits per heavy atom. The predicted molar refractivity (Wildman–Crippen MR) is 57.2 cm³/mol. The van der Waals surface area contributed by atoms with Gasteiger partial charge in [-0.05, 0) is 37.1 Å². The lowest BCUT2D eigenvalue weighted by Gasteiger charge is -2.06. The van der Waals surface area contributed by atoms with Crippen LogP contribution in [0.3, 0.4) is 0 Å². The SMILES string of the molecule is Oc1ccc(-n2ccnc2C2CC2)cc1. The molecule has 1 fully saturated rings. The Hall–Kier alpha value is -1.77. The van der Waals surface area contributed by atoms with Gasteiger partial charge in [0.25, 0.3) is 0 Å². The highest BCUT2D eigenvalue weighted by atomic mass is 16.3. The molecular weight excluding hydrogens is 188 g/mol. The van der Waals surface area contributed by atoms with E-state index in [1.807, 2.05) is 24.5 Å². The lowest BCUT2D eigenvalue weighted by atomic mass is 10.3. The van der Waals surface area contributed by atoms with Crippen molar-refractivity contribution >= 4 is 0 Å². The first kappa shape index (κ1) is 8.53. The Balaban J connectivity index is 2.04. The molecule has 1 aliphatic carbocycles. The van der Waals surface area contributed by atoms with Gasteiger partial charge in [0.1, 0.15) is 11.6 Å². The Bertz CT molecular complexity index is 469. The van der Waals surface area contributed by atoms with Crippen LogP contribution >= 0.6 is 0 Å². The van der Waals surface area contributed by atoms with Gasteiger partial charge in [-0.3, -0.25) is 0 Å². The number of hydrogen-bond acceptors (Lipinski definition) is 2. The molecule has 3 nitrogen and oxygen atoms in total. The number of nitrogens with zero attached hydrogens (tertiary/aromatic N) is 2. The van der Waals surface area contributed by atoms with Crippen LogP contribution in [0.1, 0.15) is 24.6 Å². The van der Waals surface area contributed by atoms with Crippen molar-refractivity contribution in [2.75, 3.05) is 0 Å². The summed E-state index contributed by atoms with van der Waals surface area (Å²) in [6, 6.07) is 7.21. The molecule has 76 valence electrons. The van der Waals surface area contributed by atoms with E-state index >= 15 is 0 Å². The van der Waals surface area contributed by atoms with Crippen LogP contribution in [-0.2, 0) is 0 Å². The van der Waals surface area contributed by atoms with Crippen LogP contribution in [0.5, 0.6) is 5.75 Å². The molecule has 1 aliphatic rings. The molecule has 15 heavy (non-hydrogen) atoms. The maximum atomic E-state index is 9.22. The summed E-state index contributed by atoms with van der Waals surface area (Å²) >= 11 is 0. The second kappa shape index (κ2) is 3.12. The minimum Gasteiger partial charge on any atom is -0.508 e. The van der Waals surface area contributed by atoms with Crippen LogP contribution in [0.15, 0.2) is 36.7 Å². The van der Waals surface area contributed by atoms with Crippen molar-refractivity contribution in [1.29, 1.82) is 0 Å². The van der Waals surface area contributed by atoms with E-state index in [2.05, 4.69) is 9.55 Å². The zero-order valence-corrected chi connectivity index (χ0v) is 8.30. The number of aromatic nitrogens is 2. The maximum Gasteiger partial charge on any atom is 0.116 e. The predicted octanol–water partition coefficient (Wildman–Crippen LogP) is 2.46. The minimum atomic E-state index is 0.298. The fraction of sp³-hybridized carbons (Fsp3) is 0.250. The van der Waals surface area contributed by atoms with Gasteiger partial charge >= 0.3 is 0 Å². The lowest BCUT2D eigenvalue weighted by Crippen LogP contribution is -1.98. The highest BCUT2D eigenvalue weighted by Gasteiger charge is 2.28. The smallest absolute Gasteiger partial charge is 0.116 e. The summed E-state index contributed by atoms with van der Waals surface area (Å²) in [6.07, 6.45) is 6.30. The Labute approximate surface area is 88.0 Å². The highest BCUT2D eigenvalue weighted by molar-refractivity contribution is 5.38. The fourth-order valence-electron chi connectivity index (χ4n) is 1.79. The third kappa shape index (κ3) is 1.50. The monoisotopic (exact) mass is 200 g/mol. The van der Waals surface area contributed by atoms with Crippen LogP contribution in [0.2, 0.25) is 0 Å². The average Bonchev–Trinajstić information content (AvgIpc) is 2.98. The lowest BCUT2D eigenvalue weighted by molar-refractivity contribution is 0.475. The van der Waals surface area contributed by atoms with Crippen LogP contribution in [0, 0.1) is 0 Å². The number of imidazole rings is 1. The molecule has 0 saturated heterocycles. The molecular formula is C12H12N2O. The molecule has 1 saturated carbocycles. The van der Waals surface area contributed by atoms with E-state index in [0.717, 1.165) is 11.5 Å². The van der Waals surface area contributed by atoms with E-state index in [-0.39, 0.29) is 0 Å². The Morgan fingerprint density at radius 1 is 1.20 bits per heavy atom. The van der Waals surface area contributed by atoms with E-state index in [0.29, 0.717) is 11.7 Å². The topological polar surface area (TPSA) is 38.0 Å². The Morgan fingerprint density at radius 2 is 1.93 bits per heavy atom. The first-order valence-electron chi connectivity index (χ1n) is 5.17. The molecule has 1 aromatic heterocycles. The highest BCUT2D eigenvalue weighted by Crippen LogP contribution is 2.39. The number of benzene rings is 1. The first-order valence-corrected chi connectivity index (χ1v) is 5.17. The third-order valence-corrected chi connectivity index (χ3v) is 2.74. The van der Waals surface area contributed by atoms with Gasteiger partial charge in [-0.25, -0.2) is 4.98 Å². The van der Waals surface area contributed by atoms with Crippen LogP contribution < -0.4 is 0 Å². The van der Waals surface area contributed by atoms with Crippen LogP contribution in [0.25, 0.3) is 5.69 Å². The fourth-order valence-corrected chi connectivity index (χ4v) is 1.79. The summed E-state index contributed by atoms with van der Waals surface area (Å²) in [4.78, 5) is 4.38. The summed E-state index contributed by atoms with van der Waals surface area (Å²) in [6.45, 7) is 0. The van der Waals surface area contributed by atoms with Gasteiger partial charge in [-0.2, -0.15) is 0 Å². The number of phenols is 1. The van der Waals surface area contributed by atoms with E-state index in [1.165, 1.54) is 12.8 Å². The number of phenolic OH excluding ortho intramolecular Hbond substituents is 1.